The summed E-state index contributed by atoms with van der Waals surface area (Å²) < 4.78 is 4.90. The van der Waals surface area contributed by atoms with Gasteiger partial charge in [0, 0.05) is 27.6 Å². The number of ketones is 1. The average Bonchev–Trinajstić information content (AvgIpc) is 2.48. The molecule has 1 aromatic heterocycles. The van der Waals surface area contributed by atoms with Crippen molar-refractivity contribution in [2.45, 2.75) is 0 Å². The minimum atomic E-state index is -0.343. The van der Waals surface area contributed by atoms with Gasteiger partial charge in [-0.05, 0) is 30.3 Å². The van der Waals surface area contributed by atoms with Crippen LogP contribution < -0.4 is 5.63 Å². The standard InChI is InChI=1S/C9H5ClO2.C7H4O/c10-7-2-3-8-6(5-7)1-4-9(11)12-8;8-7-5-2-1-3-6(7)4-5/h1-5H;1-4H. The monoisotopic (exact) mass is 284 g/mol. The van der Waals surface area contributed by atoms with Crippen molar-refractivity contribution < 1.29 is 9.21 Å². The summed E-state index contributed by atoms with van der Waals surface area (Å²) in [4.78, 5) is 21.4. The van der Waals surface area contributed by atoms with Crippen LogP contribution in [0.2, 0.25) is 5.02 Å². The normalized spacial score (nSPS) is 11.6. The van der Waals surface area contributed by atoms with Crippen molar-refractivity contribution in [3.8, 4) is 0 Å². The van der Waals surface area contributed by atoms with E-state index in [0.29, 0.717) is 10.6 Å². The first kappa shape index (κ1) is 12.6. The average molecular weight is 285 g/mol. The molecule has 0 fully saturated rings. The molecule has 0 amide bonds. The van der Waals surface area contributed by atoms with Gasteiger partial charge in [-0.25, -0.2) is 4.79 Å². The molecule has 3 nitrogen and oxygen atoms in total. The Balaban J connectivity index is 0.000000131. The SMILES string of the molecule is O=C1c2cccc1c2.O=c1ccc2cc(Cl)ccc2o1. The molecule has 4 heteroatoms. The number of hydrogen-bond donors (Lipinski definition) is 0. The summed E-state index contributed by atoms with van der Waals surface area (Å²) in [5.74, 6) is 0.201. The van der Waals surface area contributed by atoms with Crippen molar-refractivity contribution in [1.82, 2.24) is 0 Å². The van der Waals surface area contributed by atoms with Crippen LogP contribution in [0.4, 0.5) is 0 Å². The highest BCUT2D eigenvalue weighted by molar-refractivity contribution is 6.31. The summed E-state index contributed by atoms with van der Waals surface area (Å²) in [7, 11) is 0. The molecule has 0 N–H and O–H groups in total. The van der Waals surface area contributed by atoms with E-state index in [9.17, 15) is 9.59 Å². The molecular weight excluding hydrogens is 276 g/mol. The highest BCUT2D eigenvalue weighted by Crippen LogP contribution is 2.19. The molecule has 2 bridgehead atoms. The third-order valence-electron chi connectivity index (χ3n) is 2.97. The van der Waals surface area contributed by atoms with E-state index < -0.39 is 0 Å². The van der Waals surface area contributed by atoms with E-state index in [2.05, 4.69) is 0 Å². The molecule has 1 heterocycles. The van der Waals surface area contributed by atoms with Gasteiger partial charge in [0.05, 0.1) is 0 Å². The van der Waals surface area contributed by atoms with Gasteiger partial charge in [-0.1, -0.05) is 29.8 Å². The van der Waals surface area contributed by atoms with Crippen molar-refractivity contribution in [2.24, 2.45) is 0 Å². The fourth-order valence-corrected chi connectivity index (χ4v) is 2.11. The Morgan fingerprint density at radius 3 is 2.20 bits per heavy atom. The van der Waals surface area contributed by atoms with Gasteiger partial charge >= 0.3 is 5.63 Å². The number of fused-ring (bicyclic) bond motifs is 3. The lowest BCUT2D eigenvalue weighted by atomic mass is 9.92. The summed E-state index contributed by atoms with van der Waals surface area (Å²) in [5, 5.41) is 1.47. The van der Waals surface area contributed by atoms with Crippen molar-refractivity contribution >= 4 is 28.4 Å². The Kier molecular flexibility index (Phi) is 3.12. The summed E-state index contributed by atoms with van der Waals surface area (Å²) in [6.07, 6.45) is 0. The largest absolute Gasteiger partial charge is 0.423 e. The molecule has 3 aromatic rings. The van der Waals surface area contributed by atoms with Crippen LogP contribution in [-0.4, -0.2) is 5.78 Å². The molecule has 0 saturated heterocycles. The van der Waals surface area contributed by atoms with Gasteiger partial charge in [0.2, 0.25) is 0 Å². The first-order chi connectivity index (χ1) is 9.63. The Morgan fingerprint density at radius 2 is 1.60 bits per heavy atom. The zero-order valence-electron chi connectivity index (χ0n) is 10.3. The van der Waals surface area contributed by atoms with Crippen LogP contribution in [0, 0.1) is 0 Å². The van der Waals surface area contributed by atoms with Crippen LogP contribution in [0.1, 0.15) is 15.9 Å². The molecule has 0 spiro atoms. The van der Waals surface area contributed by atoms with Crippen LogP contribution in [0.3, 0.4) is 0 Å². The molecule has 0 radical (unpaired) electrons. The number of rotatable bonds is 0. The van der Waals surface area contributed by atoms with E-state index in [1.807, 2.05) is 24.3 Å². The van der Waals surface area contributed by atoms with E-state index in [1.165, 1.54) is 6.07 Å². The summed E-state index contributed by atoms with van der Waals surface area (Å²) in [5.41, 5.74) is 1.92. The minimum Gasteiger partial charge on any atom is -0.423 e. The van der Waals surface area contributed by atoms with Crippen LogP contribution in [0.15, 0.2) is 63.8 Å². The fraction of sp³-hybridized carbons (Fsp3) is 0. The summed E-state index contributed by atoms with van der Waals surface area (Å²) in [6.45, 7) is 0. The summed E-state index contributed by atoms with van der Waals surface area (Å²) in [6, 6.07) is 15.6. The lowest BCUT2D eigenvalue weighted by molar-refractivity contribution is 0.102. The van der Waals surface area contributed by atoms with Gasteiger partial charge in [-0.2, -0.15) is 0 Å². The number of hydrogen-bond acceptors (Lipinski definition) is 3. The molecule has 0 unspecified atom stereocenters. The second-order valence-electron chi connectivity index (χ2n) is 4.35. The van der Waals surface area contributed by atoms with Crippen LogP contribution in [-0.2, 0) is 0 Å². The smallest absolute Gasteiger partial charge is 0.336 e. The number of benzene rings is 2. The topological polar surface area (TPSA) is 47.3 Å². The first-order valence-electron chi connectivity index (χ1n) is 5.98. The minimum absolute atomic E-state index is 0.201. The van der Waals surface area contributed by atoms with Crippen molar-refractivity contribution in [2.75, 3.05) is 0 Å². The maximum absolute atomic E-state index is 10.8. The van der Waals surface area contributed by atoms with E-state index >= 15 is 0 Å². The highest BCUT2D eigenvalue weighted by Gasteiger charge is 2.17. The van der Waals surface area contributed by atoms with Gasteiger partial charge in [-0.3, -0.25) is 4.79 Å². The van der Waals surface area contributed by atoms with Gasteiger partial charge < -0.3 is 4.42 Å². The van der Waals surface area contributed by atoms with Crippen molar-refractivity contribution in [1.29, 1.82) is 0 Å². The predicted octanol–water partition coefficient (Wildman–Crippen LogP) is 3.68. The Bertz CT molecular complexity index is 836. The maximum atomic E-state index is 10.8. The molecular formula is C16H9ClO3. The second-order valence-corrected chi connectivity index (χ2v) is 4.78. The predicted molar refractivity (Wildman–Crippen MR) is 77.4 cm³/mol. The van der Waals surface area contributed by atoms with Crippen LogP contribution in [0.25, 0.3) is 11.0 Å². The molecule has 5 rings (SSSR count). The number of halogens is 1. The third kappa shape index (κ3) is 2.36. The summed E-state index contributed by atoms with van der Waals surface area (Å²) >= 11 is 5.74. The highest BCUT2D eigenvalue weighted by atomic mass is 35.5. The Morgan fingerprint density at radius 1 is 0.850 bits per heavy atom. The Hall–Kier alpha value is -2.39. The van der Waals surface area contributed by atoms with E-state index in [4.69, 9.17) is 16.0 Å². The molecule has 0 aliphatic heterocycles. The third-order valence-corrected chi connectivity index (χ3v) is 3.20. The molecule has 0 saturated carbocycles. The molecule has 0 atom stereocenters. The zero-order chi connectivity index (χ0) is 14.1. The van der Waals surface area contributed by atoms with Crippen LogP contribution >= 0.6 is 11.6 Å². The van der Waals surface area contributed by atoms with E-state index in [1.54, 1.807) is 24.3 Å². The lowest BCUT2D eigenvalue weighted by Crippen LogP contribution is -2.10. The zero-order valence-corrected chi connectivity index (χ0v) is 11.1. The maximum Gasteiger partial charge on any atom is 0.336 e. The van der Waals surface area contributed by atoms with Gasteiger partial charge in [0.1, 0.15) is 5.58 Å². The molecule has 2 aromatic carbocycles. The number of carbonyl (C=O) groups is 1. The molecule has 20 heavy (non-hydrogen) atoms. The fourth-order valence-electron chi connectivity index (χ4n) is 1.93. The molecule has 98 valence electrons. The van der Waals surface area contributed by atoms with Crippen molar-refractivity contribution in [3.63, 3.8) is 0 Å². The van der Waals surface area contributed by atoms with E-state index in [-0.39, 0.29) is 11.4 Å². The Labute approximate surface area is 119 Å². The van der Waals surface area contributed by atoms with Crippen LogP contribution in [0.5, 0.6) is 0 Å². The van der Waals surface area contributed by atoms with E-state index in [0.717, 1.165) is 16.5 Å². The quantitative estimate of drug-likeness (QED) is 0.463. The van der Waals surface area contributed by atoms with Crippen molar-refractivity contribution in [3.05, 3.63) is 81.2 Å². The first-order valence-corrected chi connectivity index (χ1v) is 6.35. The van der Waals surface area contributed by atoms with Gasteiger partial charge in [-0.15, -0.1) is 0 Å². The molecule has 2 aliphatic carbocycles. The van der Waals surface area contributed by atoms with Gasteiger partial charge in [0.15, 0.2) is 5.78 Å². The number of carbonyl (C=O) groups excluding carboxylic acids is 1. The van der Waals surface area contributed by atoms with Gasteiger partial charge in [0.25, 0.3) is 0 Å². The second kappa shape index (κ2) is 4.94. The molecule has 2 aliphatic rings. The lowest BCUT2D eigenvalue weighted by Gasteiger charge is -2.10.